The number of nitrogens with one attached hydrogen (secondary N) is 1. The minimum absolute atomic E-state index is 0.0670. The molecule has 0 saturated heterocycles. The summed E-state index contributed by atoms with van der Waals surface area (Å²) in [5.41, 5.74) is 2.25. The quantitative estimate of drug-likeness (QED) is 0.748. The number of nitrogens with zero attached hydrogens (tertiary/aromatic N) is 3. The van der Waals surface area contributed by atoms with E-state index in [1.165, 1.54) is 6.07 Å². The monoisotopic (exact) mass is 344 g/mol. The third-order valence-corrected chi connectivity index (χ3v) is 4.46. The topological polar surface area (TPSA) is 59.8 Å². The molecule has 1 amide bonds. The highest BCUT2D eigenvalue weighted by Gasteiger charge is 2.07. The van der Waals surface area contributed by atoms with Crippen LogP contribution in [-0.2, 0) is 17.8 Å². The Morgan fingerprint density at radius 2 is 2.25 bits per heavy atom. The van der Waals surface area contributed by atoms with E-state index in [-0.39, 0.29) is 11.7 Å². The van der Waals surface area contributed by atoms with E-state index >= 15 is 0 Å². The molecule has 1 aromatic carbocycles. The Hall–Kier alpha value is -2.54. The molecular formula is C17H17FN4OS. The summed E-state index contributed by atoms with van der Waals surface area (Å²) in [4.78, 5) is 11.9. The first-order valence-corrected chi connectivity index (χ1v) is 8.46. The fourth-order valence-corrected chi connectivity index (χ4v) is 2.94. The van der Waals surface area contributed by atoms with Crippen molar-refractivity contribution in [2.45, 2.75) is 26.3 Å². The fraction of sp³-hybridized carbons (Fsp3) is 0.235. The third-order valence-electron chi connectivity index (χ3n) is 3.60. The van der Waals surface area contributed by atoms with Crippen LogP contribution in [0.15, 0.2) is 41.9 Å². The van der Waals surface area contributed by atoms with Gasteiger partial charge in [-0.15, -0.1) is 16.4 Å². The summed E-state index contributed by atoms with van der Waals surface area (Å²) in [5.74, 6) is -0.292. The van der Waals surface area contributed by atoms with Crippen molar-refractivity contribution < 1.29 is 9.18 Å². The van der Waals surface area contributed by atoms with Gasteiger partial charge in [-0.25, -0.2) is 9.07 Å². The van der Waals surface area contributed by atoms with Gasteiger partial charge in [0, 0.05) is 6.42 Å². The van der Waals surface area contributed by atoms with Gasteiger partial charge < -0.3 is 5.32 Å². The third kappa shape index (κ3) is 4.05. The lowest BCUT2D eigenvalue weighted by Crippen LogP contribution is -2.23. The molecule has 0 radical (unpaired) electrons. The lowest BCUT2D eigenvalue weighted by molar-refractivity contribution is -0.121. The maximum atomic E-state index is 13.2. The Morgan fingerprint density at radius 1 is 1.38 bits per heavy atom. The van der Waals surface area contributed by atoms with Crippen LogP contribution in [0, 0.1) is 12.7 Å². The van der Waals surface area contributed by atoms with Gasteiger partial charge in [-0.2, -0.15) is 0 Å². The summed E-state index contributed by atoms with van der Waals surface area (Å²) in [6.07, 6.45) is 2.73. The molecule has 0 atom stereocenters. The van der Waals surface area contributed by atoms with E-state index in [0.29, 0.717) is 30.6 Å². The summed E-state index contributed by atoms with van der Waals surface area (Å²) < 4.78 is 14.9. The molecule has 3 rings (SSSR count). The number of hydrogen-bond donors (Lipinski definition) is 1. The Bertz CT molecular complexity index is 829. The molecule has 0 spiro atoms. The second-order valence-electron chi connectivity index (χ2n) is 5.47. The number of thiophene rings is 1. The number of benzene rings is 1. The van der Waals surface area contributed by atoms with Gasteiger partial charge in [0.25, 0.3) is 0 Å². The molecule has 0 fully saturated rings. The first-order chi connectivity index (χ1) is 11.6. The zero-order valence-corrected chi connectivity index (χ0v) is 14.0. The first kappa shape index (κ1) is 16.3. The number of aryl methyl sites for hydroxylation is 2. The number of amides is 1. The second kappa shape index (κ2) is 7.35. The molecule has 0 saturated carbocycles. The van der Waals surface area contributed by atoms with Gasteiger partial charge in [0.05, 0.1) is 12.7 Å². The van der Waals surface area contributed by atoms with Gasteiger partial charge in [-0.05, 0) is 48.1 Å². The molecule has 0 unspecified atom stereocenters. The number of carbonyl (C=O) groups excluding carboxylic acids is 1. The van der Waals surface area contributed by atoms with Crippen LogP contribution in [0.2, 0.25) is 0 Å². The number of aromatic nitrogens is 3. The van der Waals surface area contributed by atoms with Crippen LogP contribution in [-0.4, -0.2) is 20.9 Å². The minimum Gasteiger partial charge on any atom is -0.350 e. The highest BCUT2D eigenvalue weighted by Crippen LogP contribution is 2.13. The average molecular weight is 344 g/mol. The average Bonchev–Trinajstić information content (AvgIpc) is 3.25. The summed E-state index contributed by atoms with van der Waals surface area (Å²) >= 11 is 1.57. The number of carbonyl (C=O) groups is 1. The molecule has 2 heterocycles. The SMILES string of the molecule is Cc1cc(CCC(=O)NCc2cn(-c3cccs3)nn2)ccc1F. The number of halogens is 1. The smallest absolute Gasteiger partial charge is 0.220 e. The highest BCUT2D eigenvalue weighted by molar-refractivity contribution is 7.12. The molecule has 3 aromatic rings. The fourth-order valence-electron chi connectivity index (χ4n) is 2.29. The van der Waals surface area contributed by atoms with Crippen molar-refractivity contribution in [1.82, 2.24) is 20.3 Å². The largest absolute Gasteiger partial charge is 0.350 e. The highest BCUT2D eigenvalue weighted by atomic mass is 32.1. The van der Waals surface area contributed by atoms with Crippen LogP contribution in [0.4, 0.5) is 4.39 Å². The van der Waals surface area contributed by atoms with Crippen LogP contribution in [0.3, 0.4) is 0 Å². The minimum atomic E-state index is -0.225. The van der Waals surface area contributed by atoms with Crippen LogP contribution in [0.1, 0.15) is 23.2 Å². The maximum Gasteiger partial charge on any atom is 0.220 e. The van der Waals surface area contributed by atoms with Crippen LogP contribution >= 0.6 is 11.3 Å². The summed E-state index contributed by atoms with van der Waals surface area (Å²) in [7, 11) is 0. The van der Waals surface area contributed by atoms with Crippen molar-refractivity contribution in [3.8, 4) is 5.00 Å². The molecular weight excluding hydrogens is 327 g/mol. The first-order valence-electron chi connectivity index (χ1n) is 7.58. The molecule has 1 N–H and O–H groups in total. The molecule has 0 aliphatic rings. The van der Waals surface area contributed by atoms with E-state index in [0.717, 1.165) is 10.6 Å². The zero-order valence-electron chi connectivity index (χ0n) is 13.2. The maximum absolute atomic E-state index is 13.2. The summed E-state index contributed by atoms with van der Waals surface area (Å²) in [6, 6.07) is 8.82. The van der Waals surface area contributed by atoms with Gasteiger partial charge in [0.2, 0.25) is 5.91 Å². The molecule has 2 aromatic heterocycles. The molecule has 124 valence electrons. The van der Waals surface area contributed by atoms with Crippen molar-refractivity contribution in [3.63, 3.8) is 0 Å². The molecule has 24 heavy (non-hydrogen) atoms. The number of rotatable bonds is 6. The predicted molar refractivity (Wildman–Crippen MR) is 90.5 cm³/mol. The van der Waals surface area contributed by atoms with E-state index in [9.17, 15) is 9.18 Å². The van der Waals surface area contributed by atoms with Crippen molar-refractivity contribution in [2.75, 3.05) is 0 Å². The van der Waals surface area contributed by atoms with Gasteiger partial charge in [0.1, 0.15) is 16.5 Å². The molecule has 7 heteroatoms. The predicted octanol–water partition coefficient (Wildman–Crippen LogP) is 3.03. The van der Waals surface area contributed by atoms with Crippen molar-refractivity contribution in [2.24, 2.45) is 0 Å². The Morgan fingerprint density at radius 3 is 3.00 bits per heavy atom. The molecule has 0 aliphatic heterocycles. The second-order valence-corrected chi connectivity index (χ2v) is 6.39. The van der Waals surface area contributed by atoms with E-state index in [2.05, 4.69) is 15.6 Å². The van der Waals surface area contributed by atoms with Crippen LogP contribution in [0.5, 0.6) is 0 Å². The van der Waals surface area contributed by atoms with E-state index in [4.69, 9.17) is 0 Å². The van der Waals surface area contributed by atoms with Crippen molar-refractivity contribution >= 4 is 17.2 Å². The van der Waals surface area contributed by atoms with Gasteiger partial charge in [-0.3, -0.25) is 4.79 Å². The Kier molecular flexibility index (Phi) is 5.00. The lowest BCUT2D eigenvalue weighted by atomic mass is 10.1. The zero-order chi connectivity index (χ0) is 16.9. The Balaban J connectivity index is 1.48. The van der Waals surface area contributed by atoms with Crippen molar-refractivity contribution in [1.29, 1.82) is 0 Å². The number of hydrogen-bond acceptors (Lipinski definition) is 4. The molecule has 0 aliphatic carbocycles. The standard InChI is InChI=1S/C17H17FN4OS/c1-12-9-13(4-6-15(12)18)5-7-16(23)19-10-14-11-22(21-20-14)17-3-2-8-24-17/h2-4,6,8-9,11H,5,7,10H2,1H3,(H,19,23). The van der Waals surface area contributed by atoms with Crippen LogP contribution < -0.4 is 5.32 Å². The molecule has 5 nitrogen and oxygen atoms in total. The van der Waals surface area contributed by atoms with Crippen LogP contribution in [0.25, 0.3) is 5.00 Å². The van der Waals surface area contributed by atoms with E-state index < -0.39 is 0 Å². The van der Waals surface area contributed by atoms with Gasteiger partial charge in [0.15, 0.2) is 0 Å². The van der Waals surface area contributed by atoms with Gasteiger partial charge in [-0.1, -0.05) is 17.3 Å². The summed E-state index contributed by atoms with van der Waals surface area (Å²) in [5, 5.41) is 13.9. The normalized spacial score (nSPS) is 10.8. The summed E-state index contributed by atoms with van der Waals surface area (Å²) in [6.45, 7) is 2.06. The van der Waals surface area contributed by atoms with E-state index in [1.807, 2.05) is 17.5 Å². The van der Waals surface area contributed by atoms with E-state index in [1.54, 1.807) is 41.3 Å². The molecule has 0 bridgehead atoms. The Labute approximate surface area is 143 Å². The van der Waals surface area contributed by atoms with Crippen molar-refractivity contribution in [3.05, 3.63) is 64.5 Å². The van der Waals surface area contributed by atoms with Gasteiger partial charge >= 0.3 is 0 Å². The lowest BCUT2D eigenvalue weighted by Gasteiger charge is -2.05.